The van der Waals surface area contributed by atoms with Gasteiger partial charge in [0.05, 0.1) is 6.04 Å². The van der Waals surface area contributed by atoms with Crippen molar-refractivity contribution in [3.05, 3.63) is 0 Å². The summed E-state index contributed by atoms with van der Waals surface area (Å²) in [5.41, 5.74) is 0.255. The van der Waals surface area contributed by atoms with Crippen molar-refractivity contribution < 1.29 is 4.79 Å². The molecule has 0 saturated carbocycles. The van der Waals surface area contributed by atoms with Crippen LogP contribution in [0.25, 0.3) is 0 Å². The zero-order valence-corrected chi connectivity index (χ0v) is 9.50. The first kappa shape index (κ1) is 10.1. The SMILES string of the molecule is CC(=O)[C@H]1NCC2C1CC(C)(C)N2C. The molecule has 3 nitrogen and oxygen atoms in total. The number of hydrogen-bond donors (Lipinski definition) is 1. The number of rotatable bonds is 1. The average Bonchev–Trinajstić information content (AvgIpc) is 2.53. The van der Waals surface area contributed by atoms with Crippen LogP contribution in [0, 0.1) is 5.92 Å². The zero-order chi connectivity index (χ0) is 10.5. The number of nitrogens with one attached hydrogen (secondary N) is 1. The van der Waals surface area contributed by atoms with Crippen molar-refractivity contribution in [1.29, 1.82) is 0 Å². The molecule has 0 aromatic rings. The number of Topliss-reactive ketones (excluding diaryl/α,β-unsaturated/α-hetero) is 1. The maximum atomic E-state index is 11.4. The number of fused-ring (bicyclic) bond motifs is 1. The Bertz CT molecular complexity index is 262. The highest BCUT2D eigenvalue weighted by Gasteiger charge is 2.51. The van der Waals surface area contributed by atoms with Crippen molar-refractivity contribution in [3.63, 3.8) is 0 Å². The number of carbonyl (C=O) groups excluding carboxylic acids is 1. The molecule has 0 spiro atoms. The van der Waals surface area contributed by atoms with E-state index in [-0.39, 0.29) is 11.6 Å². The van der Waals surface area contributed by atoms with E-state index in [9.17, 15) is 4.79 Å². The Kier molecular flexibility index (Phi) is 2.20. The van der Waals surface area contributed by atoms with Gasteiger partial charge in [-0.2, -0.15) is 0 Å². The highest BCUT2D eigenvalue weighted by molar-refractivity contribution is 5.82. The van der Waals surface area contributed by atoms with E-state index < -0.39 is 0 Å². The van der Waals surface area contributed by atoms with Crippen molar-refractivity contribution in [2.75, 3.05) is 13.6 Å². The lowest BCUT2D eigenvalue weighted by atomic mass is 9.89. The molecule has 80 valence electrons. The summed E-state index contributed by atoms with van der Waals surface area (Å²) in [7, 11) is 2.18. The Balaban J connectivity index is 2.19. The summed E-state index contributed by atoms with van der Waals surface area (Å²) in [6, 6.07) is 0.656. The predicted octanol–water partition coefficient (Wildman–Crippen LogP) is 0.646. The van der Waals surface area contributed by atoms with Crippen LogP contribution in [0.5, 0.6) is 0 Å². The van der Waals surface area contributed by atoms with Crippen molar-refractivity contribution in [1.82, 2.24) is 10.2 Å². The Morgan fingerprint density at radius 2 is 2.14 bits per heavy atom. The fourth-order valence-corrected chi connectivity index (χ4v) is 3.07. The summed E-state index contributed by atoms with van der Waals surface area (Å²) in [6.07, 6.45) is 1.13. The molecule has 0 bridgehead atoms. The van der Waals surface area contributed by atoms with E-state index in [0.717, 1.165) is 13.0 Å². The van der Waals surface area contributed by atoms with Gasteiger partial charge in [-0.1, -0.05) is 0 Å². The molecular formula is C11H20N2O. The third-order valence-corrected chi connectivity index (χ3v) is 4.09. The van der Waals surface area contributed by atoms with Crippen LogP contribution in [0.15, 0.2) is 0 Å². The van der Waals surface area contributed by atoms with Crippen molar-refractivity contribution >= 4 is 5.78 Å². The third-order valence-electron chi connectivity index (χ3n) is 4.09. The first-order chi connectivity index (χ1) is 6.43. The molecule has 2 aliphatic heterocycles. The number of ketones is 1. The van der Waals surface area contributed by atoms with E-state index >= 15 is 0 Å². The van der Waals surface area contributed by atoms with Gasteiger partial charge in [-0.15, -0.1) is 0 Å². The van der Waals surface area contributed by atoms with Crippen LogP contribution < -0.4 is 5.32 Å². The summed E-state index contributed by atoms with van der Waals surface area (Å²) >= 11 is 0. The van der Waals surface area contributed by atoms with Gasteiger partial charge >= 0.3 is 0 Å². The number of hydrogen-bond acceptors (Lipinski definition) is 3. The van der Waals surface area contributed by atoms with Gasteiger partial charge in [-0.25, -0.2) is 0 Å². The van der Waals surface area contributed by atoms with Crippen LogP contribution >= 0.6 is 0 Å². The number of carbonyl (C=O) groups is 1. The predicted molar refractivity (Wildman–Crippen MR) is 56.2 cm³/mol. The molecule has 14 heavy (non-hydrogen) atoms. The second kappa shape index (κ2) is 3.04. The maximum Gasteiger partial charge on any atom is 0.147 e. The maximum absolute atomic E-state index is 11.4. The highest BCUT2D eigenvalue weighted by atomic mass is 16.1. The monoisotopic (exact) mass is 196 g/mol. The number of nitrogens with zero attached hydrogens (tertiary/aromatic N) is 1. The van der Waals surface area contributed by atoms with E-state index in [1.165, 1.54) is 0 Å². The van der Waals surface area contributed by atoms with Crippen LogP contribution in [0.4, 0.5) is 0 Å². The summed E-state index contributed by atoms with van der Waals surface area (Å²) in [4.78, 5) is 13.8. The molecule has 3 heteroatoms. The Labute approximate surface area is 85.8 Å². The third kappa shape index (κ3) is 1.30. The molecular weight excluding hydrogens is 176 g/mol. The first-order valence-corrected chi connectivity index (χ1v) is 5.40. The van der Waals surface area contributed by atoms with Gasteiger partial charge in [0.15, 0.2) is 0 Å². The van der Waals surface area contributed by atoms with E-state index in [0.29, 0.717) is 17.7 Å². The Hall–Kier alpha value is -0.410. The molecule has 2 aliphatic rings. The molecule has 2 saturated heterocycles. The molecule has 0 aromatic carbocycles. The van der Waals surface area contributed by atoms with Gasteiger partial charge in [0, 0.05) is 18.1 Å². The zero-order valence-electron chi connectivity index (χ0n) is 9.50. The van der Waals surface area contributed by atoms with Crippen LogP contribution in [-0.2, 0) is 4.79 Å². The van der Waals surface area contributed by atoms with Gasteiger partial charge in [-0.3, -0.25) is 9.69 Å². The van der Waals surface area contributed by atoms with Crippen LogP contribution in [0.2, 0.25) is 0 Å². The molecule has 3 atom stereocenters. The second-order valence-corrected chi connectivity index (χ2v) is 5.36. The first-order valence-electron chi connectivity index (χ1n) is 5.40. The van der Waals surface area contributed by atoms with Crippen LogP contribution in [0.3, 0.4) is 0 Å². The molecule has 0 aliphatic carbocycles. The van der Waals surface area contributed by atoms with Gasteiger partial charge in [0.2, 0.25) is 0 Å². The fourth-order valence-electron chi connectivity index (χ4n) is 3.07. The van der Waals surface area contributed by atoms with Crippen LogP contribution in [0.1, 0.15) is 27.2 Å². The minimum atomic E-state index is 0.101. The van der Waals surface area contributed by atoms with Gasteiger partial charge in [0.1, 0.15) is 5.78 Å². The molecule has 2 rings (SSSR count). The average molecular weight is 196 g/mol. The van der Waals surface area contributed by atoms with Gasteiger partial charge < -0.3 is 5.32 Å². The van der Waals surface area contributed by atoms with Crippen molar-refractivity contribution in [3.8, 4) is 0 Å². The molecule has 2 unspecified atom stereocenters. The summed E-state index contributed by atoms with van der Waals surface area (Å²) in [6.45, 7) is 7.20. The van der Waals surface area contributed by atoms with E-state index in [1.54, 1.807) is 6.92 Å². The molecule has 0 aromatic heterocycles. The molecule has 2 heterocycles. The van der Waals surface area contributed by atoms with Gasteiger partial charge in [-0.05, 0) is 40.2 Å². The lowest BCUT2D eigenvalue weighted by Crippen LogP contribution is -2.42. The van der Waals surface area contributed by atoms with Crippen molar-refractivity contribution in [2.24, 2.45) is 5.92 Å². The largest absolute Gasteiger partial charge is 0.306 e. The summed E-state index contributed by atoms with van der Waals surface area (Å²) in [5.74, 6) is 0.816. The minimum Gasteiger partial charge on any atom is -0.306 e. The van der Waals surface area contributed by atoms with E-state index in [1.807, 2.05) is 0 Å². The fraction of sp³-hybridized carbons (Fsp3) is 0.909. The standard InChI is InChI=1S/C11H20N2O/c1-7(14)10-8-5-11(2,3)13(4)9(8)6-12-10/h8-10,12H,5-6H2,1-4H3/t8?,9?,10-/m1/s1. The van der Waals surface area contributed by atoms with E-state index in [4.69, 9.17) is 0 Å². The normalized spacial score (nSPS) is 41.3. The lowest BCUT2D eigenvalue weighted by molar-refractivity contribution is -0.119. The highest BCUT2D eigenvalue weighted by Crippen LogP contribution is 2.40. The number of likely N-dealkylation sites (N-methyl/N-ethyl adjacent to an activating group) is 1. The molecule has 1 N–H and O–H groups in total. The minimum absolute atomic E-state index is 0.101. The summed E-state index contributed by atoms with van der Waals surface area (Å²) < 4.78 is 0. The molecule has 2 fully saturated rings. The lowest BCUT2D eigenvalue weighted by Gasteiger charge is -2.31. The molecule has 0 amide bonds. The Morgan fingerprint density at radius 1 is 1.50 bits per heavy atom. The second-order valence-electron chi connectivity index (χ2n) is 5.36. The Morgan fingerprint density at radius 3 is 2.71 bits per heavy atom. The van der Waals surface area contributed by atoms with Crippen LogP contribution in [-0.4, -0.2) is 41.9 Å². The summed E-state index contributed by atoms with van der Waals surface area (Å²) in [5, 5.41) is 3.34. The van der Waals surface area contributed by atoms with Gasteiger partial charge in [0.25, 0.3) is 0 Å². The smallest absolute Gasteiger partial charge is 0.147 e. The number of likely N-dealkylation sites (tertiary alicyclic amines) is 1. The quantitative estimate of drug-likeness (QED) is 0.668. The van der Waals surface area contributed by atoms with Crippen molar-refractivity contribution in [2.45, 2.75) is 44.8 Å². The van der Waals surface area contributed by atoms with E-state index in [2.05, 4.69) is 31.1 Å². The topological polar surface area (TPSA) is 32.3 Å². The molecule has 0 radical (unpaired) electrons.